The highest BCUT2D eigenvalue weighted by molar-refractivity contribution is 5.98. The van der Waals surface area contributed by atoms with Gasteiger partial charge in [0.05, 0.1) is 0 Å². The van der Waals surface area contributed by atoms with Gasteiger partial charge in [0.1, 0.15) is 0 Å². The van der Waals surface area contributed by atoms with Crippen LogP contribution in [0.3, 0.4) is 0 Å². The van der Waals surface area contributed by atoms with Gasteiger partial charge in [-0.05, 0) is 283 Å². The van der Waals surface area contributed by atoms with Crippen molar-refractivity contribution in [3.05, 3.63) is 274 Å². The van der Waals surface area contributed by atoms with Crippen molar-refractivity contribution in [1.82, 2.24) is 0 Å². The third-order valence-electron chi connectivity index (χ3n) is 28.3. The summed E-state index contributed by atoms with van der Waals surface area (Å²) in [5, 5.41) is 0. The Morgan fingerprint density at radius 3 is 0.683 bits per heavy atom. The van der Waals surface area contributed by atoms with E-state index in [0.29, 0.717) is 5.78 Å². The molecule has 0 spiro atoms. The van der Waals surface area contributed by atoms with E-state index in [9.17, 15) is 4.79 Å². The zero-order valence-electron chi connectivity index (χ0n) is 76.4. The first-order valence-electron chi connectivity index (χ1n) is 51.5. The smallest absolute Gasteiger partial charge is 0.163 e. The third-order valence-corrected chi connectivity index (χ3v) is 28.3. The fourth-order valence-electron chi connectivity index (χ4n) is 20.9. The molecule has 11 fully saturated rings. The Labute approximate surface area is 737 Å². The van der Waals surface area contributed by atoms with Gasteiger partial charge in [0.2, 0.25) is 0 Å². The molecule has 1 nitrogen and oxygen atoms in total. The van der Waals surface area contributed by atoms with Crippen molar-refractivity contribution in [2.24, 2.45) is 35.5 Å². The molecule has 652 valence electrons. The summed E-state index contributed by atoms with van der Waals surface area (Å²) in [5.74, 6) is 7.33. The molecule has 0 N–H and O–H groups in total. The van der Waals surface area contributed by atoms with Gasteiger partial charge < -0.3 is 0 Å². The number of benzene rings is 6. The molecule has 0 amide bonds. The minimum absolute atomic E-state index is 0.312. The molecule has 6 aromatic rings. The molecule has 0 unspecified atom stereocenters. The summed E-state index contributed by atoms with van der Waals surface area (Å²) in [4.78, 5) is 11.3. The second-order valence-corrected chi connectivity index (χ2v) is 38.5. The molecular formula is C119H170O. The van der Waals surface area contributed by atoms with Gasteiger partial charge in [-0.25, -0.2) is 0 Å². The first kappa shape index (κ1) is 95.7. The number of hydrogen-bond donors (Lipinski definition) is 0. The summed E-state index contributed by atoms with van der Waals surface area (Å²) in [6.07, 6.45) is 117. The Kier molecular flexibility index (Phi) is 49.2. The first-order valence-corrected chi connectivity index (χ1v) is 51.5. The van der Waals surface area contributed by atoms with E-state index in [2.05, 4.69) is 194 Å². The second-order valence-electron chi connectivity index (χ2n) is 38.5. The summed E-state index contributed by atoms with van der Waals surface area (Å²) in [6.45, 7) is 0. The fourth-order valence-corrected chi connectivity index (χ4v) is 20.9. The first-order chi connectivity index (χ1) is 59.6. The third kappa shape index (κ3) is 39.9. The van der Waals surface area contributed by atoms with Gasteiger partial charge in [0, 0.05) is 12.0 Å². The number of allylic oxidation sites excluding steroid dienone is 12. The average Bonchev–Trinajstić information content (AvgIpc) is 1.22. The SMILES string of the molecule is C1=CCC=CC1.C1=CCCC1.C1=CCCC=C1.C1=CCCCC1.C1C2CC3CC1CC(C2)C3.C1CC1.C1CCC1.C1CCC2CCCCC2C1.C1CCCC1.C1CCCCC1.C1CCCCCCC1.O=C1CCCc2ccccc21.c1ccc2c(c1)CC2.c1ccc2c(c1)CCC2.c1ccc2c(c1)CCCC2.c1ccc2c(c1)Cc1ccccc1-2. The second kappa shape index (κ2) is 61.7. The van der Waals surface area contributed by atoms with Crippen LogP contribution in [0, 0.1) is 35.5 Å². The van der Waals surface area contributed by atoms with Gasteiger partial charge in [0.15, 0.2) is 5.78 Å². The van der Waals surface area contributed by atoms with Crippen molar-refractivity contribution in [2.75, 3.05) is 0 Å². The highest BCUT2D eigenvalue weighted by Crippen LogP contribution is 2.53. The predicted octanol–water partition coefficient (Wildman–Crippen LogP) is 36.0. The van der Waals surface area contributed by atoms with Gasteiger partial charge >= 0.3 is 0 Å². The summed E-state index contributed by atoms with van der Waals surface area (Å²) in [5.41, 5.74) is 17.3. The Hall–Kier alpha value is -6.57. The molecule has 0 saturated heterocycles. The molecule has 0 aromatic heterocycles. The number of carbonyl (C=O) groups excluding carboxylic acids is 1. The van der Waals surface area contributed by atoms with E-state index in [1.54, 1.807) is 97.6 Å². The van der Waals surface area contributed by atoms with E-state index >= 15 is 0 Å². The normalized spacial score (nSPS) is 23.5. The van der Waals surface area contributed by atoms with Crippen molar-refractivity contribution >= 4 is 5.78 Å². The van der Waals surface area contributed by atoms with E-state index in [1.807, 2.05) is 24.3 Å². The number of ketones is 1. The monoisotopic (exact) mass is 1620 g/mol. The standard InChI is InChI=1S/C13H10.C10H10O.C10H16.C10H18.C10H12.C9H10.C8H8.C8H16.C6H12.C6H10.2C6H8.C5H10.C5H8.C4H8.C3H6/c1-3-7-12-10(5-1)9-11-6-2-4-8-13(11)12;11-10-7-3-5-8-4-1-2-6-9(8)10;1-7-2-9-4-8(1)5-10(3-7)6-9;2*1-2-6-10-8-4-3-7-9(10)5-1;1-2-5-9-7-3-6-8(9)4-1;1-2-4-8-6-5-7(8)3-1;1-2-4-6-8-7-5-3-1;4*1-2-4-6-5-3-1;2*1-2-4-5-3-1;1-2-4-3-1;1-2-3-1/h1-8H,9H2;1-2,4,6H,3,5,7H2;7-10H,1-6H2;9-10H,1-8H2;1-2,5-6H,3-4,7-8H2;1-2,4-5H,3,6-7H2;1-4H,5-6H2;1-8H2;1-6H2;1-2H,3-6H2;1-2,5-6H,3-4H2;1-4H,5-6H2;1-5H2;1-2H,3-5H2;1-4H2;1-3H2. The topological polar surface area (TPSA) is 17.1 Å². The summed E-state index contributed by atoms with van der Waals surface area (Å²) >= 11 is 0. The van der Waals surface area contributed by atoms with E-state index in [1.165, 1.54) is 360 Å². The highest BCUT2D eigenvalue weighted by Gasteiger charge is 2.42. The Morgan fingerprint density at radius 1 is 0.183 bits per heavy atom. The maximum absolute atomic E-state index is 11.3. The van der Waals surface area contributed by atoms with Crippen LogP contribution in [-0.4, -0.2) is 5.78 Å². The van der Waals surface area contributed by atoms with E-state index in [-0.39, 0.29) is 0 Å². The lowest BCUT2D eigenvalue weighted by atomic mass is 9.56. The molecule has 4 bridgehead atoms. The van der Waals surface area contributed by atoms with Crippen LogP contribution < -0.4 is 0 Å². The molecule has 11 saturated carbocycles. The largest absolute Gasteiger partial charge is 0.294 e. The number of fused-ring (bicyclic) bond motifs is 8. The average molecular weight is 1620 g/mol. The van der Waals surface area contributed by atoms with Gasteiger partial charge in [-0.2, -0.15) is 0 Å². The maximum atomic E-state index is 11.3. The molecule has 26 rings (SSSR count). The Bertz CT molecular complexity index is 3530. The molecule has 0 atom stereocenters. The number of rotatable bonds is 0. The quantitative estimate of drug-likeness (QED) is 0.138. The Morgan fingerprint density at radius 2 is 0.433 bits per heavy atom. The minimum Gasteiger partial charge on any atom is -0.294 e. The van der Waals surface area contributed by atoms with Crippen LogP contribution in [0.2, 0.25) is 0 Å². The van der Waals surface area contributed by atoms with Crippen LogP contribution in [0.4, 0.5) is 0 Å². The van der Waals surface area contributed by atoms with Crippen LogP contribution in [0.1, 0.15) is 420 Å². The van der Waals surface area contributed by atoms with Gasteiger partial charge in [-0.1, -0.05) is 437 Å². The van der Waals surface area contributed by atoms with Crippen LogP contribution in [0.25, 0.3) is 11.1 Å². The lowest BCUT2D eigenvalue weighted by molar-refractivity contribution is 0.0198. The molecule has 120 heavy (non-hydrogen) atoms. The minimum atomic E-state index is 0.312. The van der Waals surface area contributed by atoms with Gasteiger partial charge in [-0.15, -0.1) is 0 Å². The zero-order chi connectivity index (χ0) is 82.7. The van der Waals surface area contributed by atoms with Crippen LogP contribution >= 0.6 is 0 Å². The van der Waals surface area contributed by atoms with E-state index in [4.69, 9.17) is 0 Å². The van der Waals surface area contributed by atoms with Crippen molar-refractivity contribution in [3.8, 4) is 11.1 Å². The van der Waals surface area contributed by atoms with E-state index < -0.39 is 0 Å². The summed E-state index contributed by atoms with van der Waals surface area (Å²) < 4.78 is 0. The molecule has 0 radical (unpaired) electrons. The van der Waals surface area contributed by atoms with Crippen molar-refractivity contribution in [2.45, 2.75) is 411 Å². The molecular weight excluding hydrogens is 1450 g/mol. The van der Waals surface area contributed by atoms with Crippen molar-refractivity contribution in [3.63, 3.8) is 0 Å². The fraction of sp³-hybridized carbons (Fsp3) is 0.588. The van der Waals surface area contributed by atoms with Gasteiger partial charge in [-0.3, -0.25) is 4.79 Å². The van der Waals surface area contributed by atoms with Crippen molar-refractivity contribution in [1.29, 1.82) is 0 Å². The maximum Gasteiger partial charge on any atom is 0.163 e. The molecule has 6 aromatic carbocycles. The lowest BCUT2D eigenvalue weighted by Gasteiger charge is -2.49. The van der Waals surface area contributed by atoms with Crippen LogP contribution in [-0.2, 0) is 51.4 Å². The van der Waals surface area contributed by atoms with E-state index in [0.717, 1.165) is 55.9 Å². The lowest BCUT2D eigenvalue weighted by Crippen LogP contribution is -2.38. The predicted molar refractivity (Wildman–Crippen MR) is 525 cm³/mol. The molecule has 1 heteroatoms. The molecule has 0 heterocycles. The number of aryl methyl sites for hydroxylation is 7. The summed E-state index contributed by atoms with van der Waals surface area (Å²) in [6, 6.07) is 51.4. The molecule has 20 aliphatic carbocycles. The number of carbonyl (C=O) groups is 1. The van der Waals surface area contributed by atoms with Crippen LogP contribution in [0.15, 0.2) is 219 Å². The number of hydrogen-bond acceptors (Lipinski definition) is 1. The van der Waals surface area contributed by atoms with Crippen molar-refractivity contribution < 1.29 is 4.79 Å². The highest BCUT2D eigenvalue weighted by atomic mass is 16.1. The van der Waals surface area contributed by atoms with Gasteiger partial charge in [0.25, 0.3) is 0 Å². The number of Topliss-reactive ketones (excluding diaryl/α,β-unsaturated/α-hetero) is 1. The molecule has 20 aliphatic rings. The van der Waals surface area contributed by atoms with Crippen LogP contribution in [0.5, 0.6) is 0 Å². The zero-order valence-corrected chi connectivity index (χ0v) is 76.4. The molecule has 0 aliphatic heterocycles. The Balaban J connectivity index is 0.000000136. The summed E-state index contributed by atoms with van der Waals surface area (Å²) in [7, 11) is 0.